The number of carbonyl (C=O) groups is 2. The lowest BCUT2D eigenvalue weighted by atomic mass is 9.91. The number of hydrogen-bond acceptors (Lipinski definition) is 4. The molecule has 0 spiro atoms. The summed E-state index contributed by atoms with van der Waals surface area (Å²) < 4.78 is 10.5. The lowest BCUT2D eigenvalue weighted by Gasteiger charge is -2.18. The molecule has 0 aromatic carbocycles. The maximum absolute atomic E-state index is 12.3. The van der Waals surface area contributed by atoms with Crippen molar-refractivity contribution in [1.29, 1.82) is 0 Å². The van der Waals surface area contributed by atoms with Gasteiger partial charge in [-0.15, -0.1) is 0 Å². The summed E-state index contributed by atoms with van der Waals surface area (Å²) in [6, 6.07) is 0. The average molecular weight is 296 g/mol. The first-order valence-electron chi connectivity index (χ1n) is 7.98. The van der Waals surface area contributed by atoms with Gasteiger partial charge in [-0.05, 0) is 43.1 Å². The molecule has 120 valence electrons. The van der Waals surface area contributed by atoms with Gasteiger partial charge in [0.25, 0.3) is 0 Å². The van der Waals surface area contributed by atoms with E-state index < -0.39 is 11.9 Å². The molecule has 0 bridgehead atoms. The number of allylic oxidation sites excluding steroid dienone is 1. The van der Waals surface area contributed by atoms with Crippen molar-refractivity contribution < 1.29 is 19.1 Å². The Kier molecular flexibility index (Phi) is 7.48. The standard InChI is InChI=1S/C17H28O4/c1-12(2)10-20-16(18)15(14-8-6-5-7-9-14)17(19)21-11-13(3)4/h12-13H,5-11H2,1-4H3. The summed E-state index contributed by atoms with van der Waals surface area (Å²) in [5, 5.41) is 0. The predicted octanol–water partition coefficient (Wildman–Crippen LogP) is 3.65. The summed E-state index contributed by atoms with van der Waals surface area (Å²) in [6.45, 7) is 8.53. The molecule has 1 fully saturated rings. The third kappa shape index (κ3) is 6.32. The molecule has 1 saturated carbocycles. The maximum atomic E-state index is 12.3. The Hall–Kier alpha value is -1.32. The zero-order chi connectivity index (χ0) is 15.8. The maximum Gasteiger partial charge on any atom is 0.345 e. The molecule has 0 unspecified atom stereocenters. The highest BCUT2D eigenvalue weighted by atomic mass is 16.6. The minimum absolute atomic E-state index is 0.149. The van der Waals surface area contributed by atoms with Crippen LogP contribution in [0.15, 0.2) is 11.1 Å². The fourth-order valence-electron chi connectivity index (χ4n) is 2.23. The van der Waals surface area contributed by atoms with Crippen molar-refractivity contribution in [3.63, 3.8) is 0 Å². The van der Waals surface area contributed by atoms with E-state index in [1.807, 2.05) is 27.7 Å². The topological polar surface area (TPSA) is 52.6 Å². The third-order valence-electron chi connectivity index (χ3n) is 3.31. The SMILES string of the molecule is CC(C)COC(=O)C(C(=O)OCC(C)C)=C1CCCCC1. The summed E-state index contributed by atoms with van der Waals surface area (Å²) in [5.41, 5.74) is 1.06. The molecule has 0 aliphatic heterocycles. The quantitative estimate of drug-likeness (QED) is 0.325. The van der Waals surface area contributed by atoms with Crippen molar-refractivity contribution in [2.24, 2.45) is 11.8 Å². The van der Waals surface area contributed by atoms with E-state index in [9.17, 15) is 9.59 Å². The molecule has 4 heteroatoms. The van der Waals surface area contributed by atoms with Crippen molar-refractivity contribution in [2.75, 3.05) is 13.2 Å². The Labute approximate surface area is 127 Å². The van der Waals surface area contributed by atoms with E-state index in [-0.39, 0.29) is 17.4 Å². The fraction of sp³-hybridized carbons (Fsp3) is 0.765. The van der Waals surface area contributed by atoms with Crippen LogP contribution in [0.3, 0.4) is 0 Å². The van der Waals surface area contributed by atoms with E-state index in [0.717, 1.165) is 37.7 Å². The molecular weight excluding hydrogens is 268 g/mol. The smallest absolute Gasteiger partial charge is 0.345 e. The van der Waals surface area contributed by atoms with Gasteiger partial charge in [0.05, 0.1) is 13.2 Å². The van der Waals surface area contributed by atoms with Gasteiger partial charge in [-0.3, -0.25) is 0 Å². The monoisotopic (exact) mass is 296 g/mol. The van der Waals surface area contributed by atoms with Gasteiger partial charge in [-0.2, -0.15) is 0 Å². The van der Waals surface area contributed by atoms with Crippen LogP contribution < -0.4 is 0 Å². The summed E-state index contributed by atoms with van der Waals surface area (Å²) in [4.78, 5) is 24.5. The van der Waals surface area contributed by atoms with Gasteiger partial charge < -0.3 is 9.47 Å². The highest BCUT2D eigenvalue weighted by Gasteiger charge is 2.27. The van der Waals surface area contributed by atoms with E-state index in [2.05, 4.69) is 0 Å². The molecule has 1 aliphatic rings. The zero-order valence-corrected chi connectivity index (χ0v) is 13.7. The molecule has 0 aromatic heterocycles. The molecule has 21 heavy (non-hydrogen) atoms. The van der Waals surface area contributed by atoms with Crippen molar-refractivity contribution in [3.05, 3.63) is 11.1 Å². The minimum Gasteiger partial charge on any atom is -0.462 e. The van der Waals surface area contributed by atoms with E-state index in [0.29, 0.717) is 13.2 Å². The van der Waals surface area contributed by atoms with Gasteiger partial charge in [-0.25, -0.2) is 9.59 Å². The number of esters is 2. The lowest BCUT2D eigenvalue weighted by Crippen LogP contribution is -2.23. The van der Waals surface area contributed by atoms with Gasteiger partial charge in [0.1, 0.15) is 5.57 Å². The first-order chi connectivity index (χ1) is 9.91. The fourth-order valence-corrected chi connectivity index (χ4v) is 2.23. The Morgan fingerprint density at radius 1 is 0.857 bits per heavy atom. The first-order valence-corrected chi connectivity index (χ1v) is 7.98. The highest BCUT2D eigenvalue weighted by molar-refractivity contribution is 6.14. The Balaban J connectivity index is 2.83. The van der Waals surface area contributed by atoms with Crippen LogP contribution in [0.5, 0.6) is 0 Å². The van der Waals surface area contributed by atoms with Crippen LogP contribution in [0.25, 0.3) is 0 Å². The summed E-state index contributed by atoms with van der Waals surface area (Å²) >= 11 is 0. The largest absolute Gasteiger partial charge is 0.462 e. The first kappa shape index (κ1) is 17.7. The van der Waals surface area contributed by atoms with Crippen molar-refractivity contribution in [1.82, 2.24) is 0 Å². The average Bonchev–Trinajstić information content (AvgIpc) is 2.44. The van der Waals surface area contributed by atoms with E-state index in [1.165, 1.54) is 0 Å². The molecule has 0 atom stereocenters. The van der Waals surface area contributed by atoms with Crippen LogP contribution in [0, 0.1) is 11.8 Å². The Morgan fingerprint density at radius 3 is 1.67 bits per heavy atom. The van der Waals surface area contributed by atoms with Crippen LogP contribution in [0.1, 0.15) is 59.8 Å². The van der Waals surface area contributed by atoms with E-state index in [4.69, 9.17) is 9.47 Å². The van der Waals surface area contributed by atoms with Crippen LogP contribution in [-0.4, -0.2) is 25.2 Å². The van der Waals surface area contributed by atoms with Gasteiger partial charge in [0.15, 0.2) is 0 Å². The van der Waals surface area contributed by atoms with E-state index >= 15 is 0 Å². The molecule has 1 rings (SSSR count). The molecule has 0 aromatic rings. The second-order valence-corrected chi connectivity index (χ2v) is 6.52. The molecule has 1 aliphatic carbocycles. The van der Waals surface area contributed by atoms with Crippen molar-refractivity contribution in [3.8, 4) is 0 Å². The van der Waals surface area contributed by atoms with Crippen LogP contribution in [0.4, 0.5) is 0 Å². The van der Waals surface area contributed by atoms with Crippen molar-refractivity contribution in [2.45, 2.75) is 59.8 Å². The minimum atomic E-state index is -0.519. The number of hydrogen-bond donors (Lipinski definition) is 0. The van der Waals surface area contributed by atoms with Crippen molar-refractivity contribution >= 4 is 11.9 Å². The van der Waals surface area contributed by atoms with Crippen LogP contribution in [-0.2, 0) is 19.1 Å². The zero-order valence-electron chi connectivity index (χ0n) is 13.7. The van der Waals surface area contributed by atoms with Gasteiger partial charge in [-0.1, -0.05) is 34.1 Å². The second-order valence-electron chi connectivity index (χ2n) is 6.52. The summed E-state index contributed by atoms with van der Waals surface area (Å²) in [6.07, 6.45) is 4.78. The summed E-state index contributed by atoms with van der Waals surface area (Å²) in [7, 11) is 0. The van der Waals surface area contributed by atoms with Crippen LogP contribution in [0.2, 0.25) is 0 Å². The molecule has 0 saturated heterocycles. The van der Waals surface area contributed by atoms with Gasteiger partial charge in [0, 0.05) is 0 Å². The van der Waals surface area contributed by atoms with Gasteiger partial charge >= 0.3 is 11.9 Å². The molecule has 0 N–H and O–H groups in total. The number of carbonyl (C=O) groups excluding carboxylic acids is 2. The summed E-state index contributed by atoms with van der Waals surface area (Å²) in [5.74, 6) is -0.541. The Bertz CT molecular complexity index is 360. The number of ether oxygens (including phenoxy) is 2. The molecule has 0 radical (unpaired) electrons. The highest BCUT2D eigenvalue weighted by Crippen LogP contribution is 2.27. The molecule has 0 heterocycles. The lowest BCUT2D eigenvalue weighted by molar-refractivity contribution is -0.148. The molecule has 0 amide bonds. The van der Waals surface area contributed by atoms with Gasteiger partial charge in [0.2, 0.25) is 0 Å². The normalized spacial score (nSPS) is 15.2. The van der Waals surface area contributed by atoms with E-state index in [1.54, 1.807) is 0 Å². The Morgan fingerprint density at radius 2 is 1.29 bits per heavy atom. The third-order valence-corrected chi connectivity index (χ3v) is 3.31. The molecule has 4 nitrogen and oxygen atoms in total. The number of rotatable bonds is 6. The predicted molar refractivity (Wildman–Crippen MR) is 81.7 cm³/mol. The second kappa shape index (κ2) is 8.85. The molecular formula is C17H28O4. The van der Waals surface area contributed by atoms with Crippen LogP contribution >= 0.6 is 0 Å².